The Hall–Kier alpha value is -0.590. The highest BCUT2D eigenvalue weighted by atomic mass is 79.9. The molecule has 41 heavy (non-hydrogen) atoms. The van der Waals surface area contributed by atoms with Crippen molar-refractivity contribution in [3.63, 3.8) is 0 Å². The minimum atomic E-state index is -1.70. The third-order valence-corrected chi connectivity index (χ3v) is 9.84. The summed E-state index contributed by atoms with van der Waals surface area (Å²) < 4.78 is -1.33. The molecule has 0 spiro atoms. The van der Waals surface area contributed by atoms with Crippen LogP contribution in [0.4, 0.5) is 0 Å². The minimum Gasteiger partial charge on any atom is -0.391 e. The van der Waals surface area contributed by atoms with E-state index < -0.39 is 21.6 Å². The largest absolute Gasteiger partial charge is 0.391 e. The number of carbonyl (C=O) groups excluding carboxylic acids is 3. The summed E-state index contributed by atoms with van der Waals surface area (Å²) in [6, 6.07) is 0. The standard InChI is InChI=1S/C35H65BrO4.H3N/c1-6-8-10-12-14-16-18-20-22-24-26-28-31(38)34(4,33(40)35(5,36)30(3)37)32(39)29-27-25-23-21-19-17-15-13-11-9-7-2;/h30,37H,6-29H2,1-5H3;1H3. The van der Waals surface area contributed by atoms with Crippen molar-refractivity contribution in [1.82, 2.24) is 6.15 Å². The topological polar surface area (TPSA) is 106 Å². The van der Waals surface area contributed by atoms with E-state index in [0.717, 1.165) is 25.7 Å². The molecule has 0 aromatic carbocycles. The van der Waals surface area contributed by atoms with E-state index in [2.05, 4.69) is 29.8 Å². The molecule has 0 aliphatic heterocycles. The van der Waals surface area contributed by atoms with Crippen molar-refractivity contribution in [2.75, 3.05) is 0 Å². The van der Waals surface area contributed by atoms with Crippen LogP contribution in [0.15, 0.2) is 0 Å². The summed E-state index contributed by atoms with van der Waals surface area (Å²) in [6.45, 7) is 9.09. The zero-order chi connectivity index (χ0) is 30.3. The van der Waals surface area contributed by atoms with E-state index in [1.54, 1.807) is 6.92 Å². The molecule has 2 unspecified atom stereocenters. The molecule has 4 N–H and O–H groups in total. The Labute approximate surface area is 262 Å². The molecule has 5 nitrogen and oxygen atoms in total. The van der Waals surface area contributed by atoms with Crippen molar-refractivity contribution in [2.24, 2.45) is 5.41 Å². The molecule has 2 atom stereocenters. The summed E-state index contributed by atoms with van der Waals surface area (Å²) in [5.41, 5.74) is -1.70. The van der Waals surface area contributed by atoms with Crippen molar-refractivity contribution in [1.29, 1.82) is 0 Å². The van der Waals surface area contributed by atoms with E-state index in [9.17, 15) is 19.5 Å². The molecule has 0 heterocycles. The second-order valence-corrected chi connectivity index (χ2v) is 14.3. The highest BCUT2D eigenvalue weighted by Crippen LogP contribution is 2.37. The molecule has 0 amide bonds. The predicted molar refractivity (Wildman–Crippen MR) is 179 cm³/mol. The van der Waals surface area contributed by atoms with Gasteiger partial charge in [-0.3, -0.25) is 14.4 Å². The van der Waals surface area contributed by atoms with Crippen LogP contribution in [0.25, 0.3) is 0 Å². The summed E-state index contributed by atoms with van der Waals surface area (Å²) in [5.74, 6) is -1.07. The zero-order valence-electron chi connectivity index (χ0n) is 27.8. The Bertz CT molecular complexity index is 639. The normalized spacial score (nSPS) is 13.8. The van der Waals surface area contributed by atoms with Gasteiger partial charge in [0.15, 0.2) is 17.3 Å². The van der Waals surface area contributed by atoms with Crippen LogP contribution >= 0.6 is 15.9 Å². The van der Waals surface area contributed by atoms with Gasteiger partial charge in [-0.2, -0.15) is 0 Å². The molecular weight excluding hydrogens is 578 g/mol. The van der Waals surface area contributed by atoms with Crippen LogP contribution in [0.3, 0.4) is 0 Å². The first-order valence-electron chi connectivity index (χ1n) is 17.0. The second kappa shape index (κ2) is 25.9. The number of alkyl halides is 1. The maximum absolute atomic E-state index is 13.6. The molecule has 0 fully saturated rings. The lowest BCUT2D eigenvalue weighted by Gasteiger charge is -2.34. The maximum atomic E-state index is 13.6. The number of hydrogen-bond donors (Lipinski definition) is 2. The SMILES string of the molecule is CCCCCCCCCCCCCC(=O)C(C)(C(=O)CCCCCCCCCCCCC)C(=O)C(C)(Br)C(C)O.N. The Balaban J connectivity index is 0. The van der Waals surface area contributed by atoms with Crippen LogP contribution in [0.2, 0.25) is 0 Å². The summed E-state index contributed by atoms with van der Waals surface area (Å²) in [7, 11) is 0. The minimum absolute atomic E-state index is 0. The summed E-state index contributed by atoms with van der Waals surface area (Å²) >= 11 is 3.35. The fraction of sp³-hybridized carbons (Fsp3) is 0.914. The monoisotopic (exact) mass is 645 g/mol. The van der Waals surface area contributed by atoms with Gasteiger partial charge in [0.05, 0.1) is 6.10 Å². The van der Waals surface area contributed by atoms with Crippen molar-refractivity contribution in [2.45, 2.75) is 199 Å². The number of ketones is 3. The predicted octanol–water partition coefficient (Wildman–Crippen LogP) is 10.8. The Morgan fingerprint density at radius 1 is 0.561 bits per heavy atom. The quantitative estimate of drug-likeness (QED) is 0.0478. The molecule has 0 saturated heterocycles. The average Bonchev–Trinajstić information content (AvgIpc) is 2.93. The smallest absolute Gasteiger partial charge is 0.172 e. The van der Waals surface area contributed by atoms with Crippen LogP contribution in [0.1, 0.15) is 189 Å². The van der Waals surface area contributed by atoms with Crippen LogP contribution in [0, 0.1) is 5.41 Å². The van der Waals surface area contributed by atoms with Gasteiger partial charge >= 0.3 is 0 Å². The van der Waals surface area contributed by atoms with Gasteiger partial charge in [0.1, 0.15) is 9.74 Å². The first-order valence-corrected chi connectivity index (χ1v) is 17.8. The number of aliphatic hydroxyl groups is 1. The van der Waals surface area contributed by atoms with Crippen molar-refractivity contribution < 1.29 is 19.5 Å². The number of halogens is 1. The first kappa shape index (κ1) is 42.5. The van der Waals surface area contributed by atoms with E-state index in [-0.39, 0.29) is 30.6 Å². The van der Waals surface area contributed by atoms with E-state index in [0.29, 0.717) is 12.8 Å². The lowest BCUT2D eigenvalue weighted by Crippen LogP contribution is -2.54. The molecule has 244 valence electrons. The van der Waals surface area contributed by atoms with Crippen molar-refractivity contribution >= 4 is 33.3 Å². The highest BCUT2D eigenvalue weighted by Gasteiger charge is 2.53. The van der Waals surface area contributed by atoms with Gasteiger partial charge in [0.2, 0.25) is 0 Å². The Morgan fingerprint density at radius 2 is 0.805 bits per heavy atom. The maximum Gasteiger partial charge on any atom is 0.172 e. The third-order valence-electron chi connectivity index (χ3n) is 8.81. The number of aliphatic hydroxyl groups excluding tert-OH is 1. The third kappa shape index (κ3) is 18.0. The summed E-state index contributed by atoms with van der Waals surface area (Å²) in [6.07, 6.45) is 25.6. The van der Waals surface area contributed by atoms with E-state index in [1.807, 2.05) is 0 Å². The van der Waals surface area contributed by atoms with Crippen molar-refractivity contribution in [3.8, 4) is 0 Å². The van der Waals surface area contributed by atoms with Gasteiger partial charge in [0.25, 0.3) is 0 Å². The number of Topliss-reactive ketones (excluding diaryl/α,β-unsaturated/α-hetero) is 3. The lowest BCUT2D eigenvalue weighted by molar-refractivity contribution is -0.150. The molecule has 0 aromatic heterocycles. The van der Waals surface area contributed by atoms with E-state index in [1.165, 1.54) is 117 Å². The molecule has 0 aliphatic rings. The molecule has 0 saturated carbocycles. The van der Waals surface area contributed by atoms with Crippen LogP contribution in [0.5, 0.6) is 0 Å². The second-order valence-electron chi connectivity index (χ2n) is 12.6. The van der Waals surface area contributed by atoms with Gasteiger partial charge in [0, 0.05) is 12.8 Å². The average molecular weight is 647 g/mol. The molecule has 0 aliphatic carbocycles. The highest BCUT2D eigenvalue weighted by molar-refractivity contribution is 9.10. The molecule has 0 aromatic rings. The fourth-order valence-corrected chi connectivity index (χ4v) is 5.88. The van der Waals surface area contributed by atoms with Crippen molar-refractivity contribution in [3.05, 3.63) is 0 Å². The van der Waals surface area contributed by atoms with Crippen LogP contribution in [-0.4, -0.2) is 32.9 Å². The Kier molecular flexibility index (Phi) is 26.8. The van der Waals surface area contributed by atoms with Crippen LogP contribution < -0.4 is 6.15 Å². The molecular formula is C35H68BrNO4. The summed E-state index contributed by atoms with van der Waals surface area (Å²) in [5, 5.41) is 10.2. The molecule has 0 radical (unpaired) electrons. The van der Waals surface area contributed by atoms with E-state index in [4.69, 9.17) is 0 Å². The Morgan fingerprint density at radius 3 is 1.05 bits per heavy atom. The summed E-state index contributed by atoms with van der Waals surface area (Å²) in [4.78, 5) is 40.4. The molecule has 0 rings (SSSR count). The zero-order valence-corrected chi connectivity index (χ0v) is 29.4. The van der Waals surface area contributed by atoms with Gasteiger partial charge in [-0.1, -0.05) is 158 Å². The number of carbonyl (C=O) groups is 3. The van der Waals surface area contributed by atoms with Gasteiger partial charge in [-0.15, -0.1) is 0 Å². The van der Waals surface area contributed by atoms with Crippen LogP contribution in [-0.2, 0) is 14.4 Å². The fourth-order valence-electron chi connectivity index (χ4n) is 5.49. The van der Waals surface area contributed by atoms with Gasteiger partial charge in [-0.25, -0.2) is 0 Å². The van der Waals surface area contributed by atoms with Gasteiger partial charge < -0.3 is 11.3 Å². The number of rotatable bonds is 29. The van der Waals surface area contributed by atoms with E-state index >= 15 is 0 Å². The number of unbranched alkanes of at least 4 members (excludes halogenated alkanes) is 20. The molecule has 0 bridgehead atoms. The lowest BCUT2D eigenvalue weighted by atomic mass is 9.70. The van der Waals surface area contributed by atoms with Gasteiger partial charge in [-0.05, 0) is 33.6 Å². The first-order chi connectivity index (χ1) is 19.1. The number of hydrogen-bond acceptors (Lipinski definition) is 5. The molecule has 6 heteroatoms.